The third kappa shape index (κ3) is 6.05. The largest absolute Gasteiger partial charge is 0.459 e. The fourth-order valence-corrected chi connectivity index (χ4v) is 2.61. The Labute approximate surface area is 140 Å². The molecule has 0 spiro atoms. The number of esters is 1. The first-order valence-electron chi connectivity index (χ1n) is 8.00. The molecule has 0 aromatic heterocycles. The minimum absolute atomic E-state index is 0.0727. The van der Waals surface area contributed by atoms with Crippen molar-refractivity contribution in [1.29, 1.82) is 0 Å². The summed E-state index contributed by atoms with van der Waals surface area (Å²) in [5.41, 5.74) is 0.169. The van der Waals surface area contributed by atoms with E-state index >= 15 is 0 Å². The molecule has 0 amide bonds. The van der Waals surface area contributed by atoms with Crippen LogP contribution < -0.4 is 4.74 Å². The number of benzene rings is 1. The molecule has 7 heteroatoms. The highest BCUT2D eigenvalue weighted by atomic mass is 19.3. The first-order valence-corrected chi connectivity index (χ1v) is 8.00. The van der Waals surface area contributed by atoms with Gasteiger partial charge in [0.2, 0.25) is 0 Å². The summed E-state index contributed by atoms with van der Waals surface area (Å²) in [7, 11) is 0. The van der Waals surface area contributed by atoms with Gasteiger partial charge in [0, 0.05) is 19.6 Å². The fourth-order valence-electron chi connectivity index (χ4n) is 2.61. The minimum atomic E-state index is -2.93. The molecule has 134 valence electrons. The second-order valence-corrected chi connectivity index (χ2v) is 6.15. The number of ether oxygens (including phenoxy) is 3. The molecule has 24 heavy (non-hydrogen) atoms. The average Bonchev–Trinajstić information content (AvgIpc) is 2.52. The van der Waals surface area contributed by atoms with E-state index in [2.05, 4.69) is 23.5 Å². The summed E-state index contributed by atoms with van der Waals surface area (Å²) in [6.45, 7) is 4.66. The van der Waals surface area contributed by atoms with Crippen molar-refractivity contribution in [1.82, 2.24) is 4.90 Å². The van der Waals surface area contributed by atoms with Gasteiger partial charge in [-0.2, -0.15) is 8.78 Å². The molecule has 0 saturated carbocycles. The molecule has 1 aromatic carbocycles. The van der Waals surface area contributed by atoms with Gasteiger partial charge >= 0.3 is 12.6 Å². The van der Waals surface area contributed by atoms with Crippen LogP contribution in [0.1, 0.15) is 24.2 Å². The zero-order valence-electron chi connectivity index (χ0n) is 13.9. The van der Waals surface area contributed by atoms with E-state index in [9.17, 15) is 13.6 Å². The maximum atomic E-state index is 12.2. The molecule has 1 saturated heterocycles. The Balaban J connectivity index is 1.84. The molecule has 0 aliphatic carbocycles. The predicted octanol–water partition coefficient (Wildman–Crippen LogP) is 2.80. The summed E-state index contributed by atoms with van der Waals surface area (Å²) in [6, 6.07) is 5.56. The first-order chi connectivity index (χ1) is 11.4. The van der Waals surface area contributed by atoms with E-state index in [1.165, 1.54) is 24.3 Å². The normalized spacial score (nSPS) is 18.8. The molecular formula is C17H23F2NO4. The molecule has 0 radical (unpaired) electrons. The quantitative estimate of drug-likeness (QED) is 0.713. The number of rotatable bonds is 7. The second-order valence-electron chi connectivity index (χ2n) is 6.15. The van der Waals surface area contributed by atoms with Crippen LogP contribution in [0.5, 0.6) is 5.75 Å². The lowest BCUT2D eigenvalue weighted by Crippen LogP contribution is -2.45. The van der Waals surface area contributed by atoms with E-state index in [4.69, 9.17) is 9.47 Å². The maximum Gasteiger partial charge on any atom is 0.387 e. The Morgan fingerprint density at radius 2 is 2.21 bits per heavy atom. The number of hydrogen-bond donors (Lipinski definition) is 0. The van der Waals surface area contributed by atoms with Gasteiger partial charge in [0.15, 0.2) is 0 Å². The van der Waals surface area contributed by atoms with Crippen LogP contribution in [0.2, 0.25) is 0 Å². The van der Waals surface area contributed by atoms with Gasteiger partial charge < -0.3 is 14.2 Å². The van der Waals surface area contributed by atoms with Gasteiger partial charge in [0.1, 0.15) is 18.5 Å². The van der Waals surface area contributed by atoms with Gasteiger partial charge in [0.05, 0.1) is 12.2 Å². The summed E-state index contributed by atoms with van der Waals surface area (Å²) >= 11 is 0. The van der Waals surface area contributed by atoms with Gasteiger partial charge in [-0.25, -0.2) is 4.79 Å². The highest BCUT2D eigenvalue weighted by molar-refractivity contribution is 5.89. The molecule has 1 heterocycles. The average molecular weight is 343 g/mol. The van der Waals surface area contributed by atoms with Crippen molar-refractivity contribution < 1.29 is 27.8 Å². The smallest absolute Gasteiger partial charge is 0.387 e. The van der Waals surface area contributed by atoms with E-state index in [-0.39, 0.29) is 24.0 Å². The van der Waals surface area contributed by atoms with Crippen LogP contribution in [0, 0.1) is 5.92 Å². The van der Waals surface area contributed by atoms with Crippen LogP contribution in [0.15, 0.2) is 24.3 Å². The first kappa shape index (κ1) is 18.6. The maximum absolute atomic E-state index is 12.2. The Morgan fingerprint density at radius 3 is 2.92 bits per heavy atom. The molecule has 0 N–H and O–H groups in total. The van der Waals surface area contributed by atoms with E-state index in [1.807, 2.05) is 0 Å². The van der Waals surface area contributed by atoms with Crippen LogP contribution in [0.3, 0.4) is 0 Å². The molecule has 0 bridgehead atoms. The van der Waals surface area contributed by atoms with Crippen molar-refractivity contribution in [3.63, 3.8) is 0 Å². The Hall–Kier alpha value is -1.73. The monoisotopic (exact) mass is 343 g/mol. The lowest BCUT2D eigenvalue weighted by molar-refractivity contribution is -0.0613. The molecule has 1 aliphatic rings. The zero-order chi connectivity index (χ0) is 17.5. The zero-order valence-corrected chi connectivity index (χ0v) is 13.9. The highest BCUT2D eigenvalue weighted by Crippen LogP contribution is 2.17. The topological polar surface area (TPSA) is 48.0 Å². The number of carbonyl (C=O) groups excluding carboxylic acids is 1. The number of alkyl halides is 2. The molecule has 5 nitrogen and oxygen atoms in total. The van der Waals surface area contributed by atoms with Crippen molar-refractivity contribution in [2.45, 2.75) is 26.6 Å². The van der Waals surface area contributed by atoms with Crippen LogP contribution in [-0.4, -0.2) is 56.4 Å². The van der Waals surface area contributed by atoms with Gasteiger partial charge in [-0.1, -0.05) is 19.9 Å². The summed E-state index contributed by atoms with van der Waals surface area (Å²) in [5, 5.41) is 0. The summed E-state index contributed by atoms with van der Waals surface area (Å²) in [4.78, 5) is 14.3. The number of nitrogens with zero attached hydrogens (tertiary/aromatic N) is 1. The third-order valence-corrected chi connectivity index (χ3v) is 3.54. The van der Waals surface area contributed by atoms with Crippen LogP contribution in [0.4, 0.5) is 8.78 Å². The molecule has 1 atom stereocenters. The van der Waals surface area contributed by atoms with Crippen molar-refractivity contribution in [2.75, 3.05) is 32.8 Å². The van der Waals surface area contributed by atoms with Gasteiger partial charge in [-0.3, -0.25) is 4.90 Å². The van der Waals surface area contributed by atoms with E-state index in [1.54, 1.807) is 0 Å². The fraction of sp³-hybridized carbons (Fsp3) is 0.588. The highest BCUT2D eigenvalue weighted by Gasteiger charge is 2.22. The Morgan fingerprint density at radius 1 is 1.42 bits per heavy atom. The molecule has 1 fully saturated rings. The molecule has 1 aromatic rings. The number of hydrogen-bond acceptors (Lipinski definition) is 5. The number of morpholine rings is 1. The SMILES string of the molecule is CC(C)CN1CCOC(COC(=O)c2cccc(OC(F)F)c2)C1. The van der Waals surface area contributed by atoms with Crippen LogP contribution in [0.25, 0.3) is 0 Å². The third-order valence-electron chi connectivity index (χ3n) is 3.54. The summed E-state index contributed by atoms with van der Waals surface area (Å²) < 4.78 is 39.6. The van der Waals surface area contributed by atoms with Crippen molar-refractivity contribution >= 4 is 5.97 Å². The molecule has 1 aliphatic heterocycles. The minimum Gasteiger partial charge on any atom is -0.459 e. The van der Waals surface area contributed by atoms with Gasteiger partial charge in [-0.05, 0) is 24.1 Å². The van der Waals surface area contributed by atoms with Crippen LogP contribution >= 0.6 is 0 Å². The standard InChI is InChI=1S/C17H23F2NO4/c1-12(2)9-20-6-7-22-15(10-20)11-23-16(21)13-4-3-5-14(8-13)24-17(18)19/h3-5,8,12,15,17H,6-7,9-11H2,1-2H3. The predicted molar refractivity (Wildman–Crippen MR) is 84.4 cm³/mol. The van der Waals surface area contributed by atoms with E-state index in [0.29, 0.717) is 19.1 Å². The lowest BCUT2D eigenvalue weighted by atomic mass is 10.2. The summed E-state index contributed by atoms with van der Waals surface area (Å²) in [6.07, 6.45) is -0.179. The summed E-state index contributed by atoms with van der Waals surface area (Å²) in [5.74, 6) is -0.0975. The molecule has 2 rings (SSSR count). The van der Waals surface area contributed by atoms with Crippen LogP contribution in [-0.2, 0) is 9.47 Å². The lowest BCUT2D eigenvalue weighted by Gasteiger charge is -2.33. The number of halogens is 2. The second kappa shape index (κ2) is 8.94. The van der Waals surface area contributed by atoms with Crippen molar-refractivity contribution in [2.24, 2.45) is 5.92 Å². The molecular weight excluding hydrogens is 320 g/mol. The van der Waals surface area contributed by atoms with Crippen molar-refractivity contribution in [3.05, 3.63) is 29.8 Å². The van der Waals surface area contributed by atoms with Gasteiger partial charge in [-0.15, -0.1) is 0 Å². The van der Waals surface area contributed by atoms with Gasteiger partial charge in [0.25, 0.3) is 0 Å². The van der Waals surface area contributed by atoms with E-state index in [0.717, 1.165) is 13.1 Å². The Bertz CT molecular complexity index is 539. The van der Waals surface area contributed by atoms with E-state index < -0.39 is 12.6 Å². The molecule has 1 unspecified atom stereocenters. The van der Waals surface area contributed by atoms with Crippen molar-refractivity contribution in [3.8, 4) is 5.75 Å². The number of carbonyl (C=O) groups is 1. The Kier molecular flexibility index (Phi) is 6.93.